The van der Waals surface area contributed by atoms with Crippen LogP contribution in [0.1, 0.15) is 28.7 Å². The number of hydrogen-bond acceptors (Lipinski definition) is 4. The Balaban J connectivity index is 1.59. The fourth-order valence-electron chi connectivity index (χ4n) is 3.41. The van der Waals surface area contributed by atoms with Gasteiger partial charge >= 0.3 is 0 Å². The predicted octanol–water partition coefficient (Wildman–Crippen LogP) is 5.25. The first-order chi connectivity index (χ1) is 16.3. The van der Waals surface area contributed by atoms with Crippen LogP contribution in [-0.2, 0) is 20.6 Å². The van der Waals surface area contributed by atoms with E-state index in [1.165, 1.54) is 15.4 Å². The van der Waals surface area contributed by atoms with Gasteiger partial charge in [-0.2, -0.15) is 11.8 Å². The van der Waals surface area contributed by atoms with Crippen LogP contribution in [0.25, 0.3) is 0 Å². The molecule has 180 valence electrons. The zero-order chi connectivity index (χ0) is 24.6. The van der Waals surface area contributed by atoms with E-state index in [9.17, 15) is 13.2 Å². The van der Waals surface area contributed by atoms with E-state index in [0.29, 0.717) is 12.2 Å². The predicted molar refractivity (Wildman–Crippen MR) is 142 cm³/mol. The molecule has 1 N–H and O–H groups in total. The summed E-state index contributed by atoms with van der Waals surface area (Å²) in [4.78, 5) is 12.9. The second-order valence-electron chi connectivity index (χ2n) is 8.34. The van der Waals surface area contributed by atoms with Crippen molar-refractivity contribution in [3.63, 3.8) is 0 Å². The van der Waals surface area contributed by atoms with E-state index in [0.717, 1.165) is 29.1 Å². The van der Waals surface area contributed by atoms with Crippen molar-refractivity contribution in [3.05, 3.63) is 95.1 Å². The Hall–Kier alpha value is -2.77. The van der Waals surface area contributed by atoms with E-state index < -0.39 is 10.0 Å². The normalized spacial score (nSPS) is 11.3. The lowest BCUT2D eigenvalue weighted by Crippen LogP contribution is -2.41. The molecule has 0 fully saturated rings. The number of nitrogens with zero attached hydrogens (tertiary/aromatic N) is 1. The minimum Gasteiger partial charge on any atom is -0.354 e. The number of sulfonamides is 1. The molecule has 3 aromatic rings. The van der Waals surface area contributed by atoms with E-state index in [1.807, 2.05) is 49.9 Å². The Morgan fingerprint density at radius 3 is 2.15 bits per heavy atom. The SMILES string of the molecule is Cc1ccc(N(CC(=O)NCCCSCc2ccccc2C)S(=O)(=O)c2ccc(C)cc2)cc1. The minimum atomic E-state index is -3.88. The van der Waals surface area contributed by atoms with Crippen molar-refractivity contribution in [3.8, 4) is 0 Å². The lowest BCUT2D eigenvalue weighted by Gasteiger charge is -2.24. The van der Waals surface area contributed by atoms with Crippen molar-refractivity contribution in [2.75, 3.05) is 23.1 Å². The summed E-state index contributed by atoms with van der Waals surface area (Å²) in [6.07, 6.45) is 0.817. The summed E-state index contributed by atoms with van der Waals surface area (Å²) in [5, 5.41) is 2.88. The molecule has 5 nitrogen and oxygen atoms in total. The summed E-state index contributed by atoms with van der Waals surface area (Å²) in [5.41, 5.74) is 5.07. The third-order valence-electron chi connectivity index (χ3n) is 5.52. The molecular weight excluding hydrogens is 464 g/mol. The van der Waals surface area contributed by atoms with Gasteiger partial charge in [0.15, 0.2) is 0 Å². The number of hydrogen-bond donors (Lipinski definition) is 1. The molecule has 0 heterocycles. The lowest BCUT2D eigenvalue weighted by molar-refractivity contribution is -0.119. The molecule has 0 unspecified atom stereocenters. The second-order valence-corrected chi connectivity index (χ2v) is 11.3. The largest absolute Gasteiger partial charge is 0.354 e. The molecule has 3 rings (SSSR count). The number of rotatable bonds is 11. The highest BCUT2D eigenvalue weighted by Gasteiger charge is 2.27. The first kappa shape index (κ1) is 25.8. The van der Waals surface area contributed by atoms with Gasteiger partial charge in [0.2, 0.25) is 5.91 Å². The molecule has 0 aliphatic heterocycles. The van der Waals surface area contributed by atoms with E-state index in [4.69, 9.17) is 0 Å². The van der Waals surface area contributed by atoms with Gasteiger partial charge in [-0.1, -0.05) is 59.7 Å². The number of nitrogens with one attached hydrogen (secondary N) is 1. The molecule has 0 aromatic heterocycles. The van der Waals surface area contributed by atoms with Crippen molar-refractivity contribution in [2.24, 2.45) is 0 Å². The second kappa shape index (κ2) is 12.1. The van der Waals surface area contributed by atoms with Gasteiger partial charge in [-0.05, 0) is 68.3 Å². The van der Waals surface area contributed by atoms with Crippen molar-refractivity contribution in [1.29, 1.82) is 0 Å². The summed E-state index contributed by atoms with van der Waals surface area (Å²) < 4.78 is 27.9. The maximum atomic E-state index is 13.4. The van der Waals surface area contributed by atoms with Gasteiger partial charge < -0.3 is 5.32 Å². The van der Waals surface area contributed by atoms with Gasteiger partial charge in [-0.3, -0.25) is 9.10 Å². The van der Waals surface area contributed by atoms with Gasteiger partial charge in [0.25, 0.3) is 10.0 Å². The van der Waals surface area contributed by atoms with Crippen LogP contribution in [0.15, 0.2) is 77.7 Å². The summed E-state index contributed by atoms with van der Waals surface area (Å²) in [6.45, 7) is 6.19. The fraction of sp³-hybridized carbons (Fsp3) is 0.296. The molecule has 34 heavy (non-hydrogen) atoms. The molecular formula is C27H32N2O3S2. The number of amides is 1. The van der Waals surface area contributed by atoms with Crippen LogP contribution in [0.5, 0.6) is 0 Å². The highest BCUT2D eigenvalue weighted by molar-refractivity contribution is 7.98. The van der Waals surface area contributed by atoms with Crippen molar-refractivity contribution in [1.82, 2.24) is 5.32 Å². The van der Waals surface area contributed by atoms with Crippen LogP contribution in [0.4, 0.5) is 5.69 Å². The average molecular weight is 497 g/mol. The van der Waals surface area contributed by atoms with E-state index in [-0.39, 0.29) is 17.3 Å². The highest BCUT2D eigenvalue weighted by Crippen LogP contribution is 2.24. The fourth-order valence-corrected chi connectivity index (χ4v) is 5.86. The van der Waals surface area contributed by atoms with Crippen molar-refractivity contribution in [2.45, 2.75) is 37.8 Å². The maximum absolute atomic E-state index is 13.4. The van der Waals surface area contributed by atoms with E-state index in [2.05, 4.69) is 24.4 Å². The molecule has 1 amide bonds. The first-order valence-corrected chi connectivity index (χ1v) is 13.9. The van der Waals surface area contributed by atoms with E-state index in [1.54, 1.807) is 36.4 Å². The number of carbonyl (C=O) groups excluding carboxylic acids is 1. The molecule has 0 saturated heterocycles. The summed E-state index contributed by atoms with van der Waals surface area (Å²) in [6, 6.07) is 22.2. The van der Waals surface area contributed by atoms with Gasteiger partial charge in [-0.15, -0.1) is 0 Å². The lowest BCUT2D eigenvalue weighted by atomic mass is 10.1. The van der Waals surface area contributed by atoms with Crippen LogP contribution in [0.3, 0.4) is 0 Å². The number of aryl methyl sites for hydroxylation is 3. The summed E-state index contributed by atoms with van der Waals surface area (Å²) >= 11 is 1.83. The first-order valence-electron chi connectivity index (χ1n) is 11.3. The molecule has 3 aromatic carbocycles. The molecule has 0 spiro atoms. The molecule has 7 heteroatoms. The maximum Gasteiger partial charge on any atom is 0.264 e. The van der Waals surface area contributed by atoms with Crippen LogP contribution in [0.2, 0.25) is 0 Å². The average Bonchev–Trinajstić information content (AvgIpc) is 2.82. The Morgan fingerprint density at radius 2 is 1.50 bits per heavy atom. The van der Waals surface area contributed by atoms with Crippen LogP contribution >= 0.6 is 11.8 Å². The van der Waals surface area contributed by atoms with Gasteiger partial charge in [0.05, 0.1) is 10.6 Å². The van der Waals surface area contributed by atoms with Crippen LogP contribution in [-0.4, -0.2) is 33.2 Å². The van der Waals surface area contributed by atoms with Gasteiger partial charge in [-0.25, -0.2) is 8.42 Å². The monoisotopic (exact) mass is 496 g/mol. The Kier molecular flexibility index (Phi) is 9.19. The van der Waals surface area contributed by atoms with Crippen LogP contribution in [0, 0.1) is 20.8 Å². The van der Waals surface area contributed by atoms with Crippen LogP contribution < -0.4 is 9.62 Å². The third-order valence-corrected chi connectivity index (χ3v) is 8.41. The molecule has 0 bridgehead atoms. The Bertz CT molecular complexity index is 1190. The summed E-state index contributed by atoms with van der Waals surface area (Å²) in [7, 11) is -3.88. The smallest absolute Gasteiger partial charge is 0.264 e. The molecule has 0 saturated carbocycles. The number of thioether (sulfide) groups is 1. The number of benzene rings is 3. The quantitative estimate of drug-likeness (QED) is 0.368. The van der Waals surface area contributed by atoms with E-state index >= 15 is 0 Å². The van der Waals surface area contributed by atoms with Gasteiger partial charge in [0.1, 0.15) is 6.54 Å². The zero-order valence-electron chi connectivity index (χ0n) is 20.0. The zero-order valence-corrected chi connectivity index (χ0v) is 21.6. The third kappa shape index (κ3) is 7.11. The standard InChI is InChI=1S/C27H32N2O3S2/c1-21-9-13-25(14-10-21)29(34(31,32)26-15-11-22(2)12-16-26)19-27(30)28-17-6-18-33-20-24-8-5-4-7-23(24)3/h4-5,7-16H,6,17-20H2,1-3H3,(H,28,30). The molecule has 0 radical (unpaired) electrons. The number of anilines is 1. The highest BCUT2D eigenvalue weighted by atomic mass is 32.2. The van der Waals surface area contributed by atoms with Gasteiger partial charge in [0, 0.05) is 12.3 Å². The molecule has 0 aliphatic carbocycles. The number of carbonyl (C=O) groups is 1. The molecule has 0 aliphatic rings. The topological polar surface area (TPSA) is 66.5 Å². The minimum absolute atomic E-state index is 0.166. The Labute approximate surface area is 207 Å². The summed E-state index contributed by atoms with van der Waals surface area (Å²) in [5.74, 6) is 1.54. The van der Waals surface area contributed by atoms with Crippen molar-refractivity contribution < 1.29 is 13.2 Å². The molecule has 0 atom stereocenters. The Morgan fingerprint density at radius 1 is 0.882 bits per heavy atom. The van der Waals surface area contributed by atoms with Crippen molar-refractivity contribution >= 4 is 33.4 Å².